The summed E-state index contributed by atoms with van der Waals surface area (Å²) < 4.78 is 6.08. The average molecular weight is 351 g/mol. The van der Waals surface area contributed by atoms with Crippen LogP contribution in [0.5, 0.6) is 5.75 Å². The molecule has 0 N–H and O–H groups in total. The molecule has 3 heteroatoms. The van der Waals surface area contributed by atoms with E-state index in [1.165, 1.54) is 29.5 Å². The average Bonchev–Trinajstić information content (AvgIpc) is 2.67. The lowest BCUT2D eigenvalue weighted by molar-refractivity contribution is -0.138. The molecule has 0 saturated heterocycles. The van der Waals surface area contributed by atoms with Crippen LogP contribution in [0.1, 0.15) is 48.4 Å². The molecule has 1 aliphatic carbocycles. The zero-order chi connectivity index (χ0) is 18.5. The van der Waals surface area contributed by atoms with E-state index >= 15 is 0 Å². The molecular formula is C23H29NO2. The monoisotopic (exact) mass is 351 g/mol. The number of fused-ring (bicyclic) bond motifs is 1. The molecule has 0 bridgehead atoms. The maximum atomic E-state index is 12.8. The maximum Gasteiger partial charge on any atom is 0.263 e. The van der Waals surface area contributed by atoms with Crippen LogP contribution in [0.15, 0.2) is 42.5 Å². The minimum atomic E-state index is -0.438. The van der Waals surface area contributed by atoms with Gasteiger partial charge in [0.1, 0.15) is 5.75 Å². The van der Waals surface area contributed by atoms with Crippen molar-refractivity contribution in [2.75, 3.05) is 7.05 Å². The Kier molecular flexibility index (Phi) is 5.97. The van der Waals surface area contributed by atoms with Crippen LogP contribution in [0.3, 0.4) is 0 Å². The number of benzene rings is 2. The summed E-state index contributed by atoms with van der Waals surface area (Å²) in [6.07, 6.45) is 5.01. The van der Waals surface area contributed by atoms with Gasteiger partial charge < -0.3 is 9.64 Å². The summed E-state index contributed by atoms with van der Waals surface area (Å²) in [7, 11) is 1.85. The second-order valence-corrected chi connectivity index (χ2v) is 7.33. The normalized spacial score (nSPS) is 14.4. The Morgan fingerprint density at radius 2 is 1.77 bits per heavy atom. The molecule has 0 fully saturated rings. The van der Waals surface area contributed by atoms with Crippen molar-refractivity contribution < 1.29 is 9.53 Å². The third-order valence-corrected chi connectivity index (χ3v) is 5.16. The van der Waals surface area contributed by atoms with Gasteiger partial charge in [-0.1, -0.05) is 42.8 Å². The van der Waals surface area contributed by atoms with Gasteiger partial charge in [0.05, 0.1) is 0 Å². The summed E-state index contributed by atoms with van der Waals surface area (Å²) in [6.45, 7) is 4.67. The highest BCUT2D eigenvalue weighted by molar-refractivity contribution is 5.81. The molecule has 0 saturated carbocycles. The second kappa shape index (κ2) is 8.39. The Morgan fingerprint density at radius 1 is 1.08 bits per heavy atom. The van der Waals surface area contributed by atoms with Crippen LogP contribution in [-0.2, 0) is 24.2 Å². The second-order valence-electron chi connectivity index (χ2n) is 7.33. The summed E-state index contributed by atoms with van der Waals surface area (Å²) >= 11 is 0. The molecule has 1 atom stereocenters. The van der Waals surface area contributed by atoms with E-state index in [0.717, 1.165) is 24.2 Å². The van der Waals surface area contributed by atoms with Gasteiger partial charge in [-0.3, -0.25) is 4.79 Å². The lowest BCUT2D eigenvalue weighted by atomic mass is 9.92. The molecule has 2 aromatic carbocycles. The highest BCUT2D eigenvalue weighted by Crippen LogP contribution is 2.26. The Morgan fingerprint density at radius 3 is 2.46 bits per heavy atom. The number of carbonyl (C=O) groups excluding carboxylic acids is 1. The van der Waals surface area contributed by atoms with Crippen molar-refractivity contribution in [1.29, 1.82) is 0 Å². The maximum absolute atomic E-state index is 12.8. The molecule has 3 rings (SSSR count). The fourth-order valence-electron chi connectivity index (χ4n) is 3.55. The number of aryl methyl sites for hydroxylation is 3. The number of ether oxygens (including phenoxy) is 1. The topological polar surface area (TPSA) is 29.5 Å². The minimum absolute atomic E-state index is 0.0331. The van der Waals surface area contributed by atoms with Gasteiger partial charge in [0.2, 0.25) is 0 Å². The number of nitrogens with zero attached hydrogens (tertiary/aromatic N) is 1. The van der Waals surface area contributed by atoms with E-state index in [9.17, 15) is 4.79 Å². The summed E-state index contributed by atoms with van der Waals surface area (Å²) in [5.41, 5.74) is 5.17. The Labute approximate surface area is 157 Å². The molecular weight excluding hydrogens is 322 g/mol. The van der Waals surface area contributed by atoms with Crippen molar-refractivity contribution in [3.05, 3.63) is 64.7 Å². The van der Waals surface area contributed by atoms with E-state index in [2.05, 4.69) is 43.3 Å². The molecule has 1 aliphatic rings. The van der Waals surface area contributed by atoms with Gasteiger partial charge in [0.15, 0.2) is 6.10 Å². The minimum Gasteiger partial charge on any atom is -0.481 e. The quantitative estimate of drug-likeness (QED) is 0.755. The highest BCUT2D eigenvalue weighted by Gasteiger charge is 2.23. The van der Waals surface area contributed by atoms with E-state index in [1.54, 1.807) is 4.90 Å². The molecule has 1 unspecified atom stereocenters. The van der Waals surface area contributed by atoms with Crippen molar-refractivity contribution in [3.63, 3.8) is 0 Å². The molecule has 0 spiro atoms. The van der Waals surface area contributed by atoms with Gasteiger partial charge in [-0.15, -0.1) is 0 Å². The zero-order valence-corrected chi connectivity index (χ0v) is 16.1. The molecule has 1 amide bonds. The van der Waals surface area contributed by atoms with Gasteiger partial charge in [0, 0.05) is 13.6 Å². The van der Waals surface area contributed by atoms with Crippen LogP contribution in [0.25, 0.3) is 0 Å². The summed E-state index contributed by atoms with van der Waals surface area (Å²) in [5, 5.41) is 0. The molecule has 0 heterocycles. The molecule has 0 aliphatic heterocycles. The number of carbonyl (C=O) groups is 1. The number of amides is 1. The molecule has 26 heavy (non-hydrogen) atoms. The summed E-state index contributed by atoms with van der Waals surface area (Å²) in [6, 6.07) is 14.6. The van der Waals surface area contributed by atoms with Crippen LogP contribution in [0, 0.1) is 6.92 Å². The van der Waals surface area contributed by atoms with Gasteiger partial charge >= 0.3 is 0 Å². The molecule has 0 aromatic heterocycles. The zero-order valence-electron chi connectivity index (χ0n) is 16.1. The first-order valence-electron chi connectivity index (χ1n) is 9.66. The first kappa shape index (κ1) is 18.5. The smallest absolute Gasteiger partial charge is 0.263 e. The number of hydrogen-bond acceptors (Lipinski definition) is 2. The van der Waals surface area contributed by atoms with Gasteiger partial charge in [-0.25, -0.2) is 0 Å². The van der Waals surface area contributed by atoms with Crippen LogP contribution >= 0.6 is 0 Å². The van der Waals surface area contributed by atoms with Gasteiger partial charge in [-0.05, 0) is 67.9 Å². The summed E-state index contributed by atoms with van der Waals surface area (Å²) in [5.74, 6) is 0.848. The van der Waals surface area contributed by atoms with Gasteiger partial charge in [-0.2, -0.15) is 0 Å². The van der Waals surface area contributed by atoms with Crippen molar-refractivity contribution in [2.24, 2.45) is 0 Å². The van der Waals surface area contributed by atoms with Crippen LogP contribution in [0.4, 0.5) is 0 Å². The third kappa shape index (κ3) is 4.46. The first-order chi connectivity index (χ1) is 12.6. The number of likely N-dealkylation sites (N-methyl/N-ethyl adjacent to an activating group) is 1. The lowest BCUT2D eigenvalue weighted by Crippen LogP contribution is -2.39. The van der Waals surface area contributed by atoms with E-state index in [0.29, 0.717) is 13.0 Å². The van der Waals surface area contributed by atoms with Crippen molar-refractivity contribution in [1.82, 2.24) is 4.90 Å². The largest absolute Gasteiger partial charge is 0.481 e. The predicted molar refractivity (Wildman–Crippen MR) is 105 cm³/mol. The molecule has 2 aromatic rings. The Hall–Kier alpha value is -2.29. The Bertz CT molecular complexity index is 751. The third-order valence-electron chi connectivity index (χ3n) is 5.16. The van der Waals surface area contributed by atoms with E-state index in [1.807, 2.05) is 20.0 Å². The van der Waals surface area contributed by atoms with E-state index in [-0.39, 0.29) is 5.91 Å². The van der Waals surface area contributed by atoms with Crippen LogP contribution < -0.4 is 4.74 Å². The van der Waals surface area contributed by atoms with Crippen LogP contribution in [-0.4, -0.2) is 24.0 Å². The highest BCUT2D eigenvalue weighted by atomic mass is 16.5. The SMILES string of the molecule is CCC(Oc1ccc2c(c1)CCCC2)C(=O)N(C)Cc1ccc(C)cc1. The standard InChI is InChI=1S/C23H29NO2/c1-4-22(23(25)24(3)16-18-11-9-17(2)10-12-18)26-21-14-13-19-7-5-6-8-20(19)15-21/h9-15,22H,4-8,16H2,1-3H3. The fraction of sp³-hybridized carbons (Fsp3) is 0.435. The number of hydrogen-bond donors (Lipinski definition) is 0. The van der Waals surface area contributed by atoms with Crippen molar-refractivity contribution in [2.45, 2.75) is 58.6 Å². The molecule has 3 nitrogen and oxygen atoms in total. The molecule has 138 valence electrons. The van der Waals surface area contributed by atoms with Crippen molar-refractivity contribution >= 4 is 5.91 Å². The lowest BCUT2D eigenvalue weighted by Gasteiger charge is -2.25. The summed E-state index contributed by atoms with van der Waals surface area (Å²) in [4.78, 5) is 14.6. The number of rotatable bonds is 6. The van der Waals surface area contributed by atoms with Crippen molar-refractivity contribution in [3.8, 4) is 5.75 Å². The van der Waals surface area contributed by atoms with Crippen LogP contribution in [0.2, 0.25) is 0 Å². The van der Waals surface area contributed by atoms with Gasteiger partial charge in [0.25, 0.3) is 5.91 Å². The van der Waals surface area contributed by atoms with E-state index in [4.69, 9.17) is 4.74 Å². The first-order valence-corrected chi connectivity index (χ1v) is 9.66. The predicted octanol–water partition coefficient (Wildman–Crippen LogP) is 4.69. The van der Waals surface area contributed by atoms with E-state index < -0.39 is 6.10 Å². The Balaban J connectivity index is 1.65. The molecule has 0 radical (unpaired) electrons. The fourth-order valence-corrected chi connectivity index (χ4v) is 3.55.